The summed E-state index contributed by atoms with van der Waals surface area (Å²) in [6, 6.07) is 9.54. The molecule has 196 valence electrons. The number of likely N-dealkylation sites (tertiary alicyclic amines) is 1. The van der Waals surface area contributed by atoms with E-state index < -0.39 is 11.7 Å². The molecular weight excluding hydrogens is 487 g/mol. The molecule has 0 spiro atoms. The Morgan fingerprint density at radius 2 is 1.84 bits per heavy atom. The molecule has 4 heterocycles. The predicted molar refractivity (Wildman–Crippen MR) is 128 cm³/mol. The van der Waals surface area contributed by atoms with Gasteiger partial charge in [0.1, 0.15) is 11.9 Å². The summed E-state index contributed by atoms with van der Waals surface area (Å²) in [6.07, 6.45) is -0.502. The maximum Gasteiger partial charge on any atom is 0.416 e. The zero-order valence-corrected chi connectivity index (χ0v) is 20.3. The summed E-state index contributed by atoms with van der Waals surface area (Å²) in [7, 11) is 0. The van der Waals surface area contributed by atoms with Crippen molar-refractivity contribution in [1.82, 2.24) is 14.5 Å². The summed E-state index contributed by atoms with van der Waals surface area (Å²) in [5.74, 6) is 2.23. The topological polar surface area (TPSA) is 65.8 Å². The van der Waals surface area contributed by atoms with E-state index in [1.54, 1.807) is 0 Å². The average molecular weight is 516 g/mol. The van der Waals surface area contributed by atoms with Gasteiger partial charge in [0, 0.05) is 32.2 Å². The van der Waals surface area contributed by atoms with Gasteiger partial charge >= 0.3 is 6.18 Å². The molecule has 3 aliphatic rings. The highest BCUT2D eigenvalue weighted by atomic mass is 19.4. The first-order valence-corrected chi connectivity index (χ1v) is 12.7. The van der Waals surface area contributed by atoms with Gasteiger partial charge in [-0.25, -0.2) is 4.98 Å². The largest absolute Gasteiger partial charge is 0.454 e. The number of alkyl halides is 3. The number of piperidine rings is 1. The molecule has 0 saturated carbocycles. The number of aryl methyl sites for hydroxylation is 1. The van der Waals surface area contributed by atoms with Crippen molar-refractivity contribution in [3.05, 3.63) is 53.3 Å². The smallest absolute Gasteiger partial charge is 0.416 e. The van der Waals surface area contributed by atoms with Crippen LogP contribution in [0.3, 0.4) is 0 Å². The van der Waals surface area contributed by atoms with Crippen LogP contribution in [-0.4, -0.2) is 46.8 Å². The molecule has 1 amide bonds. The zero-order valence-electron chi connectivity index (χ0n) is 20.3. The van der Waals surface area contributed by atoms with Crippen LogP contribution in [0.1, 0.15) is 61.2 Å². The number of carbonyl (C=O) groups is 1. The number of aromatic nitrogens is 2. The lowest BCUT2D eigenvalue weighted by atomic mass is 10.0. The Morgan fingerprint density at radius 3 is 2.59 bits per heavy atom. The predicted octanol–water partition coefficient (Wildman–Crippen LogP) is 5.43. The number of fused-ring (bicyclic) bond motifs is 2. The maximum atomic E-state index is 13.3. The fraction of sp³-hybridized carbons (Fsp3) is 0.481. The fourth-order valence-corrected chi connectivity index (χ4v) is 5.57. The van der Waals surface area contributed by atoms with Crippen molar-refractivity contribution >= 4 is 16.9 Å². The molecule has 0 N–H and O–H groups in total. The van der Waals surface area contributed by atoms with Gasteiger partial charge in [-0.1, -0.05) is 6.07 Å². The molecule has 1 aromatic heterocycles. The number of ether oxygens (including phenoxy) is 3. The number of rotatable bonds is 5. The average Bonchev–Trinajstić information content (AvgIpc) is 3.65. The Labute approximate surface area is 212 Å². The Kier molecular flexibility index (Phi) is 6.22. The third-order valence-corrected chi connectivity index (χ3v) is 7.51. The molecule has 0 radical (unpaired) electrons. The van der Waals surface area contributed by atoms with E-state index in [-0.39, 0.29) is 24.8 Å². The molecule has 2 fully saturated rings. The minimum absolute atomic E-state index is 0.0406. The first-order chi connectivity index (χ1) is 17.9. The molecule has 1 atom stereocenters. The minimum atomic E-state index is -4.42. The van der Waals surface area contributed by atoms with E-state index in [1.807, 2.05) is 23.1 Å². The Balaban J connectivity index is 1.15. The maximum absolute atomic E-state index is 13.3. The molecule has 3 aromatic rings. The summed E-state index contributed by atoms with van der Waals surface area (Å²) in [5.41, 5.74) is 1.34. The highest BCUT2D eigenvalue weighted by Gasteiger charge is 2.34. The molecule has 37 heavy (non-hydrogen) atoms. The molecule has 6 rings (SSSR count). The highest BCUT2D eigenvalue weighted by molar-refractivity contribution is 5.78. The van der Waals surface area contributed by atoms with E-state index in [2.05, 4.69) is 9.55 Å². The monoisotopic (exact) mass is 515 g/mol. The van der Waals surface area contributed by atoms with Gasteiger partial charge in [0.2, 0.25) is 12.7 Å². The van der Waals surface area contributed by atoms with Crippen LogP contribution in [0.5, 0.6) is 11.5 Å². The first kappa shape index (κ1) is 24.1. The normalized spacial score (nSPS) is 20.2. The van der Waals surface area contributed by atoms with Crippen LogP contribution in [0.15, 0.2) is 36.4 Å². The highest BCUT2D eigenvalue weighted by Crippen LogP contribution is 2.38. The Bertz CT molecular complexity index is 1310. The van der Waals surface area contributed by atoms with Crippen molar-refractivity contribution in [1.29, 1.82) is 0 Å². The summed E-state index contributed by atoms with van der Waals surface area (Å²) in [4.78, 5) is 19.5. The SMILES string of the molecule is O=C(CCc1ccc2c(c1)OCO2)N1CCC(n2c([C@H]3CCCO3)nc3cc(C(F)(F)F)ccc32)CC1. The number of halogens is 3. The third-order valence-electron chi connectivity index (χ3n) is 7.51. The van der Waals surface area contributed by atoms with Gasteiger partial charge in [-0.15, -0.1) is 0 Å². The van der Waals surface area contributed by atoms with Gasteiger partial charge in [0.05, 0.1) is 16.6 Å². The molecule has 0 aliphatic carbocycles. The van der Waals surface area contributed by atoms with Crippen LogP contribution in [0.4, 0.5) is 13.2 Å². The van der Waals surface area contributed by atoms with E-state index in [4.69, 9.17) is 14.2 Å². The van der Waals surface area contributed by atoms with E-state index in [1.165, 1.54) is 6.07 Å². The molecule has 0 unspecified atom stereocenters. The standard InChI is InChI=1S/C27H28F3N3O4/c28-27(29,30)18-5-6-21-20(15-18)31-26(23-2-1-13-35-23)33(21)19-9-11-32(12-10-19)25(34)8-4-17-3-7-22-24(14-17)37-16-36-22/h3,5-7,14-15,19,23H,1-2,4,8-13,16H2/t23-/m1/s1. The lowest BCUT2D eigenvalue weighted by molar-refractivity contribution is -0.137. The molecule has 0 bridgehead atoms. The van der Waals surface area contributed by atoms with Crippen molar-refractivity contribution in [2.45, 2.75) is 56.8 Å². The minimum Gasteiger partial charge on any atom is -0.454 e. The molecule has 2 aromatic carbocycles. The molecule has 2 saturated heterocycles. The van der Waals surface area contributed by atoms with Crippen LogP contribution in [0, 0.1) is 0 Å². The second kappa shape index (κ2) is 9.55. The second-order valence-electron chi connectivity index (χ2n) is 9.84. The number of imidazole rings is 1. The lowest BCUT2D eigenvalue weighted by Crippen LogP contribution is -2.39. The van der Waals surface area contributed by atoms with Crippen LogP contribution in [0.2, 0.25) is 0 Å². The number of carbonyl (C=O) groups excluding carboxylic acids is 1. The number of hydrogen-bond acceptors (Lipinski definition) is 5. The summed E-state index contributed by atoms with van der Waals surface area (Å²) >= 11 is 0. The third kappa shape index (κ3) is 4.74. The van der Waals surface area contributed by atoms with Gasteiger partial charge in [-0.05, 0) is 68.0 Å². The van der Waals surface area contributed by atoms with Crippen LogP contribution >= 0.6 is 0 Å². The van der Waals surface area contributed by atoms with Gasteiger partial charge in [-0.3, -0.25) is 4.79 Å². The van der Waals surface area contributed by atoms with Gasteiger partial charge in [0.15, 0.2) is 11.5 Å². The van der Waals surface area contributed by atoms with Crippen LogP contribution in [-0.2, 0) is 22.1 Å². The first-order valence-electron chi connectivity index (χ1n) is 12.7. The molecule has 7 nitrogen and oxygen atoms in total. The second-order valence-corrected chi connectivity index (χ2v) is 9.84. The van der Waals surface area contributed by atoms with Crippen molar-refractivity contribution in [2.24, 2.45) is 0 Å². The summed E-state index contributed by atoms with van der Waals surface area (Å²) < 4.78 is 58.7. The fourth-order valence-electron chi connectivity index (χ4n) is 5.57. The van der Waals surface area contributed by atoms with Gasteiger partial charge in [-0.2, -0.15) is 13.2 Å². The molecule has 3 aliphatic heterocycles. The van der Waals surface area contributed by atoms with Crippen LogP contribution < -0.4 is 9.47 Å². The number of nitrogens with zero attached hydrogens (tertiary/aromatic N) is 3. The van der Waals surface area contributed by atoms with Crippen molar-refractivity contribution in [3.63, 3.8) is 0 Å². The number of benzene rings is 2. The molecule has 10 heteroatoms. The van der Waals surface area contributed by atoms with E-state index in [0.717, 1.165) is 36.3 Å². The van der Waals surface area contributed by atoms with Crippen LogP contribution in [0.25, 0.3) is 11.0 Å². The summed E-state index contributed by atoms with van der Waals surface area (Å²) in [6.45, 7) is 2.03. The van der Waals surface area contributed by atoms with Gasteiger partial charge in [0.25, 0.3) is 0 Å². The number of amides is 1. The Morgan fingerprint density at radius 1 is 1.03 bits per heavy atom. The lowest BCUT2D eigenvalue weighted by Gasteiger charge is -2.34. The molecular formula is C27H28F3N3O4. The van der Waals surface area contributed by atoms with E-state index >= 15 is 0 Å². The van der Waals surface area contributed by atoms with E-state index in [0.29, 0.717) is 68.0 Å². The van der Waals surface area contributed by atoms with E-state index in [9.17, 15) is 18.0 Å². The number of hydrogen-bond donors (Lipinski definition) is 0. The summed E-state index contributed by atoms with van der Waals surface area (Å²) in [5, 5.41) is 0. The van der Waals surface area contributed by atoms with Gasteiger partial charge < -0.3 is 23.7 Å². The van der Waals surface area contributed by atoms with Crippen molar-refractivity contribution in [3.8, 4) is 11.5 Å². The zero-order chi connectivity index (χ0) is 25.6. The van der Waals surface area contributed by atoms with Crippen molar-refractivity contribution < 1.29 is 32.2 Å². The quantitative estimate of drug-likeness (QED) is 0.453. The van der Waals surface area contributed by atoms with Crippen molar-refractivity contribution in [2.75, 3.05) is 26.5 Å². The Hall–Kier alpha value is -3.27.